The first-order valence-corrected chi connectivity index (χ1v) is 18.9. The average Bonchev–Trinajstić information content (AvgIpc) is 3.41. The number of nitrogens with zero attached hydrogens (tertiary/aromatic N) is 4. The Balaban J connectivity index is 0.00000325. The lowest BCUT2D eigenvalue weighted by Crippen LogP contribution is -2.54. The fourth-order valence-corrected chi connectivity index (χ4v) is 7.33. The zero-order chi connectivity index (χ0) is 34.1. The first-order valence-electron chi connectivity index (χ1n) is 15.7. The maximum absolute atomic E-state index is 14.8. The van der Waals surface area contributed by atoms with Crippen LogP contribution in [0.3, 0.4) is 0 Å². The predicted molar refractivity (Wildman–Crippen MR) is 205 cm³/mol. The van der Waals surface area contributed by atoms with E-state index in [2.05, 4.69) is 25.7 Å². The molecule has 2 aliphatic heterocycles. The summed E-state index contributed by atoms with van der Waals surface area (Å²) in [6.45, 7) is 11.0. The van der Waals surface area contributed by atoms with Crippen molar-refractivity contribution in [3.63, 3.8) is 0 Å². The molecular weight excluding hydrogens is 726 g/mol. The zero-order valence-electron chi connectivity index (χ0n) is 27.8. The van der Waals surface area contributed by atoms with Gasteiger partial charge in [-0.3, -0.25) is 14.8 Å². The number of carbonyl (C=O) groups excluding carboxylic acids is 1. The Morgan fingerprint density at radius 3 is 1.98 bits per heavy atom. The second-order valence-electron chi connectivity index (χ2n) is 13.1. The highest BCUT2D eigenvalue weighted by atomic mass is 35.5. The van der Waals surface area contributed by atoms with Crippen LogP contribution in [-0.4, -0.2) is 86.3 Å². The molecule has 2 atom stereocenters. The molecule has 1 saturated heterocycles. The van der Waals surface area contributed by atoms with Crippen molar-refractivity contribution in [1.29, 1.82) is 0 Å². The van der Waals surface area contributed by atoms with E-state index < -0.39 is 21.9 Å². The molecule has 3 aromatic carbocycles. The molecule has 1 fully saturated rings. The van der Waals surface area contributed by atoms with Gasteiger partial charge in [0.2, 0.25) is 0 Å². The minimum atomic E-state index is -3.09. The van der Waals surface area contributed by atoms with Gasteiger partial charge in [0.05, 0.1) is 24.0 Å². The number of halogens is 4. The Hall–Kier alpha value is -2.53. The van der Waals surface area contributed by atoms with Gasteiger partial charge in [0.25, 0.3) is 0 Å². The van der Waals surface area contributed by atoms with Gasteiger partial charge in [0, 0.05) is 54.0 Å². The number of urea groups is 1. The standard InChI is InChI=1S/C35H41Cl3N4O4S.CH4.ClH/c1-6-46-30-22-28(35(2,3)4)29(38)21-27(30)33-39-31(23-7-11-25(36)12-8-23)32(24-9-13-26(37)14-10-24)42(33)34(43)41-17-15-40(16-18-41)19-20-47(5,44)45;;/h7-14,21-22,31-32H,6,15-20H2,1-5H3;1H4;1H/t31-,32+;;/m0../s1. The predicted octanol–water partition coefficient (Wildman–Crippen LogP) is 8.73. The van der Waals surface area contributed by atoms with Gasteiger partial charge in [-0.2, -0.15) is 0 Å². The second kappa shape index (κ2) is 16.7. The average molecular weight is 773 g/mol. The highest BCUT2D eigenvalue weighted by molar-refractivity contribution is 7.90. The summed E-state index contributed by atoms with van der Waals surface area (Å²) in [5.41, 5.74) is 3.06. The van der Waals surface area contributed by atoms with Crippen LogP contribution in [0.25, 0.3) is 0 Å². The molecule has 8 nitrogen and oxygen atoms in total. The number of benzene rings is 3. The Kier molecular flexibility index (Phi) is 13.9. The van der Waals surface area contributed by atoms with Crippen LogP contribution in [0.1, 0.15) is 69.5 Å². The number of piperazine rings is 1. The number of amides is 2. The van der Waals surface area contributed by atoms with E-state index in [1.807, 2.05) is 72.5 Å². The van der Waals surface area contributed by atoms with Gasteiger partial charge >= 0.3 is 6.03 Å². The maximum atomic E-state index is 14.8. The maximum Gasteiger partial charge on any atom is 0.326 e. The number of hydrogen-bond acceptors (Lipinski definition) is 6. The first kappa shape index (κ1) is 40.9. The third-order valence-corrected chi connectivity index (χ3v) is 10.3. The van der Waals surface area contributed by atoms with Gasteiger partial charge in [-0.05, 0) is 65.4 Å². The normalized spacial score (nSPS) is 18.4. The summed E-state index contributed by atoms with van der Waals surface area (Å²) >= 11 is 19.6. The molecule has 2 amide bonds. The molecule has 0 unspecified atom stereocenters. The van der Waals surface area contributed by atoms with E-state index in [1.165, 1.54) is 6.26 Å². The molecule has 0 spiro atoms. The molecular formula is C36H46Cl4N4O4S. The highest BCUT2D eigenvalue weighted by Gasteiger charge is 2.45. The van der Waals surface area contributed by atoms with Crippen molar-refractivity contribution in [3.8, 4) is 5.75 Å². The lowest BCUT2D eigenvalue weighted by molar-refractivity contribution is 0.122. The van der Waals surface area contributed by atoms with E-state index in [4.69, 9.17) is 44.5 Å². The number of amidine groups is 1. The highest BCUT2D eigenvalue weighted by Crippen LogP contribution is 2.46. The number of sulfone groups is 1. The summed E-state index contributed by atoms with van der Waals surface area (Å²) in [5.74, 6) is 1.13. The van der Waals surface area contributed by atoms with E-state index >= 15 is 0 Å². The quantitative estimate of drug-likeness (QED) is 0.229. The summed E-state index contributed by atoms with van der Waals surface area (Å²) in [6.07, 6.45) is 1.24. The lowest BCUT2D eigenvalue weighted by atomic mass is 9.86. The van der Waals surface area contributed by atoms with Crippen molar-refractivity contribution in [2.75, 3.05) is 51.3 Å². The van der Waals surface area contributed by atoms with E-state index in [9.17, 15) is 13.2 Å². The Morgan fingerprint density at radius 1 is 0.918 bits per heavy atom. The summed E-state index contributed by atoms with van der Waals surface area (Å²) in [7, 11) is -3.09. The first-order chi connectivity index (χ1) is 22.2. The van der Waals surface area contributed by atoms with Crippen molar-refractivity contribution in [2.24, 2.45) is 4.99 Å². The molecule has 0 N–H and O–H groups in total. The van der Waals surface area contributed by atoms with E-state index in [1.54, 1.807) is 4.90 Å². The topological polar surface area (TPSA) is 82.5 Å². The van der Waals surface area contributed by atoms with Crippen LogP contribution in [0.4, 0.5) is 4.79 Å². The Morgan fingerprint density at radius 2 is 1.47 bits per heavy atom. The van der Waals surface area contributed by atoms with Gasteiger partial charge < -0.3 is 9.64 Å². The third kappa shape index (κ3) is 9.63. The van der Waals surface area contributed by atoms with Crippen molar-refractivity contribution in [2.45, 2.75) is 52.6 Å². The summed E-state index contributed by atoms with van der Waals surface area (Å²) in [6, 6.07) is 17.6. The number of ether oxygens (including phenoxy) is 1. The van der Waals surface area contributed by atoms with Crippen molar-refractivity contribution in [1.82, 2.24) is 14.7 Å². The van der Waals surface area contributed by atoms with Crippen molar-refractivity contribution >= 4 is 68.9 Å². The number of hydrogen-bond donors (Lipinski definition) is 0. The van der Waals surface area contributed by atoms with Crippen LogP contribution in [0.5, 0.6) is 5.75 Å². The molecule has 0 radical (unpaired) electrons. The molecule has 49 heavy (non-hydrogen) atoms. The minimum absolute atomic E-state index is 0. The second-order valence-corrected chi connectivity index (χ2v) is 16.6. The van der Waals surface area contributed by atoms with Gasteiger partial charge in [-0.25, -0.2) is 13.2 Å². The lowest BCUT2D eigenvalue weighted by Gasteiger charge is -2.39. The van der Waals surface area contributed by atoms with E-state index in [-0.39, 0.29) is 37.0 Å². The fourth-order valence-electron chi connectivity index (χ4n) is 6.04. The van der Waals surface area contributed by atoms with E-state index in [0.717, 1.165) is 16.7 Å². The van der Waals surface area contributed by atoms with Gasteiger partial charge in [-0.1, -0.05) is 87.3 Å². The van der Waals surface area contributed by atoms with Crippen molar-refractivity contribution in [3.05, 3.63) is 98.0 Å². The van der Waals surface area contributed by atoms with Gasteiger partial charge in [0.1, 0.15) is 27.5 Å². The molecule has 0 saturated carbocycles. The van der Waals surface area contributed by atoms with Crippen LogP contribution in [0.15, 0.2) is 65.7 Å². The van der Waals surface area contributed by atoms with Crippen LogP contribution in [0.2, 0.25) is 15.1 Å². The fraction of sp³-hybridized carbons (Fsp3) is 0.444. The summed E-state index contributed by atoms with van der Waals surface area (Å²) in [5, 5.41) is 1.74. The number of rotatable bonds is 8. The summed E-state index contributed by atoms with van der Waals surface area (Å²) < 4.78 is 29.8. The smallest absolute Gasteiger partial charge is 0.326 e. The Labute approximate surface area is 312 Å². The van der Waals surface area contributed by atoms with Crippen molar-refractivity contribution < 1.29 is 17.9 Å². The number of carbonyl (C=O) groups is 1. The van der Waals surface area contributed by atoms with Crippen LogP contribution >= 0.6 is 47.2 Å². The zero-order valence-corrected chi connectivity index (χ0v) is 31.7. The molecule has 268 valence electrons. The molecule has 5 rings (SSSR count). The summed E-state index contributed by atoms with van der Waals surface area (Å²) in [4.78, 5) is 25.7. The van der Waals surface area contributed by atoms with Crippen LogP contribution in [0, 0.1) is 0 Å². The minimum Gasteiger partial charge on any atom is -0.493 e. The molecule has 2 heterocycles. The van der Waals surface area contributed by atoms with Crippen LogP contribution < -0.4 is 4.74 Å². The SMILES string of the molecule is C.CCOc1cc(C(C)(C)C)c(Cl)cc1C1=N[C@@H](c2ccc(Cl)cc2)[C@@H](c2ccc(Cl)cc2)N1C(=O)N1CCN(CCS(C)(=O)=O)CC1.Cl. The molecule has 13 heteroatoms. The number of aliphatic imine (C=N–C) groups is 1. The monoisotopic (exact) mass is 770 g/mol. The van der Waals surface area contributed by atoms with Crippen LogP contribution in [-0.2, 0) is 15.3 Å². The third-order valence-electron chi connectivity index (χ3n) is 8.54. The van der Waals surface area contributed by atoms with Gasteiger partial charge in [-0.15, -0.1) is 12.4 Å². The largest absolute Gasteiger partial charge is 0.493 e. The Bertz CT molecular complexity index is 1740. The molecule has 0 aromatic heterocycles. The molecule has 0 aliphatic carbocycles. The van der Waals surface area contributed by atoms with Gasteiger partial charge in [0.15, 0.2) is 0 Å². The molecule has 3 aromatic rings. The molecule has 0 bridgehead atoms. The van der Waals surface area contributed by atoms with E-state index in [0.29, 0.717) is 71.5 Å². The molecule has 2 aliphatic rings.